The molecular formula is C21H28ClNO4. The Labute approximate surface area is 165 Å². The number of amides is 1. The standard InChI is InChI=1S/C21H28ClNO4/c1-20(2,3)27-19(26)23-13-12-21(10-4-5-11-21)17(23)16(18(24)25)14-6-8-15(22)9-7-14/h6-9,16-17H,4-5,10-13H2,1-3H3,(H,24,25)/t16-,17+/m0/s1. The molecule has 0 radical (unpaired) electrons. The molecule has 2 atom stereocenters. The Morgan fingerprint density at radius 1 is 1.19 bits per heavy atom. The molecule has 5 nitrogen and oxygen atoms in total. The maximum Gasteiger partial charge on any atom is 0.410 e. The van der Waals surface area contributed by atoms with Crippen molar-refractivity contribution in [1.82, 2.24) is 4.90 Å². The molecule has 1 heterocycles. The Bertz CT molecular complexity index is 704. The predicted molar refractivity (Wildman–Crippen MR) is 104 cm³/mol. The number of rotatable bonds is 3. The van der Waals surface area contributed by atoms with Gasteiger partial charge in [-0.25, -0.2) is 4.79 Å². The molecule has 0 aromatic heterocycles. The van der Waals surface area contributed by atoms with E-state index in [9.17, 15) is 14.7 Å². The molecule has 3 rings (SSSR count). The smallest absolute Gasteiger partial charge is 0.410 e. The molecule has 1 amide bonds. The third-order valence-corrected chi connectivity index (χ3v) is 6.10. The normalized spacial score (nSPS) is 22.8. The Morgan fingerprint density at radius 2 is 1.78 bits per heavy atom. The molecule has 6 heteroatoms. The minimum atomic E-state index is -0.913. The second-order valence-corrected chi connectivity index (χ2v) is 9.24. The van der Waals surface area contributed by atoms with Crippen molar-refractivity contribution in [3.05, 3.63) is 34.9 Å². The van der Waals surface area contributed by atoms with Gasteiger partial charge < -0.3 is 14.7 Å². The summed E-state index contributed by atoms with van der Waals surface area (Å²) in [7, 11) is 0. The van der Waals surface area contributed by atoms with Crippen molar-refractivity contribution in [2.75, 3.05) is 6.54 Å². The zero-order chi connectivity index (χ0) is 19.8. The van der Waals surface area contributed by atoms with Crippen LogP contribution < -0.4 is 0 Å². The van der Waals surface area contributed by atoms with E-state index in [1.54, 1.807) is 29.2 Å². The molecule has 1 saturated heterocycles. The molecule has 0 bridgehead atoms. The number of halogens is 1. The predicted octanol–water partition coefficient (Wildman–Crippen LogP) is 5.08. The van der Waals surface area contributed by atoms with Crippen molar-refractivity contribution in [3.63, 3.8) is 0 Å². The van der Waals surface area contributed by atoms with Crippen LogP contribution in [0.1, 0.15) is 64.4 Å². The van der Waals surface area contributed by atoms with Crippen molar-refractivity contribution in [3.8, 4) is 0 Å². The molecule has 2 aliphatic rings. The van der Waals surface area contributed by atoms with Crippen molar-refractivity contribution in [1.29, 1.82) is 0 Å². The van der Waals surface area contributed by atoms with Crippen LogP contribution in [0.25, 0.3) is 0 Å². The lowest BCUT2D eigenvalue weighted by atomic mass is 9.71. The van der Waals surface area contributed by atoms with Gasteiger partial charge in [0, 0.05) is 11.6 Å². The van der Waals surface area contributed by atoms with Gasteiger partial charge in [0.1, 0.15) is 11.5 Å². The molecule has 1 aliphatic carbocycles. The number of likely N-dealkylation sites (tertiary alicyclic amines) is 1. The fourth-order valence-corrected chi connectivity index (χ4v) is 4.90. The highest BCUT2D eigenvalue weighted by Gasteiger charge is 2.56. The van der Waals surface area contributed by atoms with E-state index in [-0.39, 0.29) is 5.41 Å². The lowest BCUT2D eigenvalue weighted by Crippen LogP contribution is -2.49. The van der Waals surface area contributed by atoms with Gasteiger partial charge in [-0.05, 0) is 63.1 Å². The fourth-order valence-electron chi connectivity index (χ4n) is 4.77. The lowest BCUT2D eigenvalue weighted by molar-refractivity contribution is -0.141. The molecule has 1 saturated carbocycles. The van der Waals surface area contributed by atoms with Crippen LogP contribution in [0.3, 0.4) is 0 Å². The van der Waals surface area contributed by atoms with Crippen molar-refractivity contribution in [2.45, 2.75) is 70.4 Å². The molecule has 1 aliphatic heterocycles. The van der Waals surface area contributed by atoms with Crippen LogP contribution in [0.2, 0.25) is 5.02 Å². The molecule has 1 spiro atoms. The average molecular weight is 394 g/mol. The number of nitrogens with zero attached hydrogens (tertiary/aromatic N) is 1. The highest BCUT2D eigenvalue weighted by Crippen LogP contribution is 2.54. The lowest BCUT2D eigenvalue weighted by Gasteiger charge is -2.39. The first-order valence-corrected chi connectivity index (χ1v) is 9.99. The van der Waals surface area contributed by atoms with Gasteiger partial charge in [0.05, 0.1) is 6.04 Å². The van der Waals surface area contributed by atoms with Gasteiger partial charge in [0.2, 0.25) is 0 Å². The Kier molecular flexibility index (Phi) is 5.44. The van der Waals surface area contributed by atoms with E-state index >= 15 is 0 Å². The number of carboxylic acid groups (broad SMARTS) is 1. The minimum absolute atomic E-state index is 0.153. The number of aliphatic carboxylic acids is 1. The molecule has 1 aromatic carbocycles. The highest BCUT2D eigenvalue weighted by molar-refractivity contribution is 6.30. The maximum atomic E-state index is 12.9. The van der Waals surface area contributed by atoms with E-state index in [0.717, 1.165) is 32.1 Å². The SMILES string of the molecule is CC(C)(C)OC(=O)N1CCC2(CCCC2)[C@H]1[C@@H](C(=O)O)c1ccc(Cl)cc1. The summed E-state index contributed by atoms with van der Waals surface area (Å²) >= 11 is 6.00. The number of ether oxygens (including phenoxy) is 1. The monoisotopic (exact) mass is 393 g/mol. The van der Waals surface area contributed by atoms with Gasteiger partial charge in [-0.15, -0.1) is 0 Å². The van der Waals surface area contributed by atoms with Crippen LogP contribution in [0.15, 0.2) is 24.3 Å². The second kappa shape index (κ2) is 7.34. The number of carbonyl (C=O) groups is 2. The average Bonchev–Trinajstić information content (AvgIpc) is 3.17. The first-order valence-electron chi connectivity index (χ1n) is 9.61. The summed E-state index contributed by atoms with van der Waals surface area (Å²) in [6.07, 6.45) is 4.46. The molecule has 1 N–H and O–H groups in total. The topological polar surface area (TPSA) is 66.8 Å². The van der Waals surface area contributed by atoms with E-state index in [1.165, 1.54) is 0 Å². The molecule has 0 unspecified atom stereocenters. The first kappa shape index (κ1) is 20.0. The van der Waals surface area contributed by atoms with Gasteiger partial charge in [0.25, 0.3) is 0 Å². The largest absolute Gasteiger partial charge is 0.481 e. The molecular weight excluding hydrogens is 366 g/mol. The summed E-state index contributed by atoms with van der Waals surface area (Å²) in [5.41, 5.74) is -0.0929. The minimum Gasteiger partial charge on any atom is -0.481 e. The van der Waals surface area contributed by atoms with Crippen molar-refractivity contribution >= 4 is 23.7 Å². The van der Waals surface area contributed by atoms with Crippen LogP contribution in [0.4, 0.5) is 4.79 Å². The van der Waals surface area contributed by atoms with E-state index in [4.69, 9.17) is 16.3 Å². The molecule has 1 aromatic rings. The van der Waals surface area contributed by atoms with E-state index < -0.39 is 29.6 Å². The summed E-state index contributed by atoms with van der Waals surface area (Å²) in [5.74, 6) is -1.71. The van der Waals surface area contributed by atoms with Gasteiger partial charge in [-0.2, -0.15) is 0 Å². The number of carboxylic acids is 1. The zero-order valence-corrected chi connectivity index (χ0v) is 17.0. The van der Waals surface area contributed by atoms with Crippen LogP contribution in [0.5, 0.6) is 0 Å². The van der Waals surface area contributed by atoms with Crippen LogP contribution in [-0.4, -0.2) is 40.3 Å². The zero-order valence-electron chi connectivity index (χ0n) is 16.2. The van der Waals surface area contributed by atoms with Crippen LogP contribution in [-0.2, 0) is 9.53 Å². The molecule has 2 fully saturated rings. The third-order valence-electron chi connectivity index (χ3n) is 5.85. The summed E-state index contributed by atoms with van der Waals surface area (Å²) in [5, 5.41) is 10.7. The summed E-state index contributed by atoms with van der Waals surface area (Å²) in [6.45, 7) is 6.02. The maximum absolute atomic E-state index is 12.9. The summed E-state index contributed by atoms with van der Waals surface area (Å²) in [4.78, 5) is 26.9. The quantitative estimate of drug-likeness (QED) is 0.777. The summed E-state index contributed by atoms with van der Waals surface area (Å²) < 4.78 is 5.61. The van der Waals surface area contributed by atoms with E-state index in [0.29, 0.717) is 17.1 Å². The van der Waals surface area contributed by atoms with Gasteiger partial charge >= 0.3 is 12.1 Å². The molecule has 148 valence electrons. The number of benzene rings is 1. The van der Waals surface area contributed by atoms with Gasteiger partial charge in [-0.1, -0.05) is 36.6 Å². The van der Waals surface area contributed by atoms with E-state index in [1.807, 2.05) is 20.8 Å². The third kappa shape index (κ3) is 4.08. The van der Waals surface area contributed by atoms with E-state index in [2.05, 4.69) is 0 Å². The fraction of sp³-hybridized carbons (Fsp3) is 0.619. The molecule has 27 heavy (non-hydrogen) atoms. The summed E-state index contributed by atoms with van der Waals surface area (Å²) in [6, 6.07) is 6.53. The Hall–Kier alpha value is -1.75. The number of hydrogen-bond donors (Lipinski definition) is 1. The van der Waals surface area contributed by atoms with Crippen LogP contribution >= 0.6 is 11.6 Å². The highest BCUT2D eigenvalue weighted by atomic mass is 35.5. The van der Waals surface area contributed by atoms with Gasteiger partial charge in [-0.3, -0.25) is 4.79 Å². The van der Waals surface area contributed by atoms with Gasteiger partial charge in [0.15, 0.2) is 0 Å². The van der Waals surface area contributed by atoms with Crippen LogP contribution in [0, 0.1) is 5.41 Å². The number of carbonyl (C=O) groups excluding carboxylic acids is 1. The van der Waals surface area contributed by atoms with Crippen molar-refractivity contribution in [2.24, 2.45) is 5.41 Å². The Balaban J connectivity index is 2.01. The number of hydrogen-bond acceptors (Lipinski definition) is 3. The Morgan fingerprint density at radius 3 is 2.30 bits per heavy atom. The van der Waals surface area contributed by atoms with Crippen molar-refractivity contribution < 1.29 is 19.4 Å². The first-order chi connectivity index (χ1) is 12.6. The second-order valence-electron chi connectivity index (χ2n) is 8.81.